The lowest BCUT2D eigenvalue weighted by molar-refractivity contribution is -0.137. The van der Waals surface area contributed by atoms with Gasteiger partial charge in [0, 0.05) is 7.05 Å². The van der Waals surface area contributed by atoms with E-state index >= 15 is 0 Å². The number of para-hydroxylation sites is 1. The van der Waals surface area contributed by atoms with Crippen molar-refractivity contribution in [3.8, 4) is 0 Å². The van der Waals surface area contributed by atoms with Crippen LogP contribution < -0.4 is 5.32 Å². The van der Waals surface area contributed by atoms with Crippen molar-refractivity contribution in [1.82, 2.24) is 4.90 Å². The zero-order valence-electron chi connectivity index (χ0n) is 14.0. The second-order valence-corrected chi connectivity index (χ2v) is 6.59. The van der Waals surface area contributed by atoms with Gasteiger partial charge in [0.15, 0.2) is 0 Å². The maximum absolute atomic E-state index is 12.7. The Morgan fingerprint density at radius 1 is 1.04 bits per heavy atom. The van der Waals surface area contributed by atoms with Crippen molar-refractivity contribution in [3.63, 3.8) is 0 Å². The van der Waals surface area contributed by atoms with E-state index in [4.69, 9.17) is 11.6 Å². The number of hydrogen-bond donors (Lipinski definition) is 1. The molecule has 0 spiro atoms. The van der Waals surface area contributed by atoms with Crippen molar-refractivity contribution in [2.75, 3.05) is 18.9 Å². The van der Waals surface area contributed by atoms with E-state index in [1.807, 2.05) is 44.2 Å². The van der Waals surface area contributed by atoms with E-state index in [1.165, 1.54) is 4.90 Å². The van der Waals surface area contributed by atoms with Gasteiger partial charge in [-0.15, -0.1) is 0 Å². The summed E-state index contributed by atoms with van der Waals surface area (Å²) in [6, 6.07) is 16.5. The van der Waals surface area contributed by atoms with E-state index in [1.54, 1.807) is 31.3 Å². The van der Waals surface area contributed by atoms with Gasteiger partial charge in [0.2, 0.25) is 11.8 Å². The predicted molar refractivity (Wildman–Crippen MR) is 97.2 cm³/mol. The topological polar surface area (TPSA) is 49.4 Å². The van der Waals surface area contributed by atoms with Crippen LogP contribution in [-0.4, -0.2) is 30.3 Å². The maximum atomic E-state index is 12.7. The molecule has 5 heteroatoms. The Morgan fingerprint density at radius 3 is 2.25 bits per heavy atom. The number of nitrogens with one attached hydrogen (secondary N) is 1. The number of likely N-dealkylation sites (N-methyl/N-ethyl adjacent to an activating group) is 1. The average Bonchev–Trinajstić information content (AvgIpc) is 2.57. The number of nitrogens with zero attached hydrogens (tertiary/aromatic N) is 1. The fourth-order valence-corrected chi connectivity index (χ4v) is 2.68. The molecule has 0 unspecified atom stereocenters. The molecule has 0 bridgehead atoms. The Bertz CT molecular complexity index is 729. The molecular formula is C19H21ClN2O2. The Kier molecular flexibility index (Phi) is 5.62. The summed E-state index contributed by atoms with van der Waals surface area (Å²) in [5.74, 6) is -0.411. The van der Waals surface area contributed by atoms with Crippen molar-refractivity contribution in [2.45, 2.75) is 19.3 Å². The lowest BCUT2D eigenvalue weighted by Gasteiger charge is -2.29. The van der Waals surface area contributed by atoms with Crippen LogP contribution in [0.15, 0.2) is 54.6 Å². The van der Waals surface area contributed by atoms with E-state index in [-0.39, 0.29) is 18.4 Å². The third-order valence-corrected chi connectivity index (χ3v) is 4.24. The van der Waals surface area contributed by atoms with Crippen LogP contribution in [-0.2, 0) is 15.0 Å². The number of anilines is 1. The van der Waals surface area contributed by atoms with Crippen LogP contribution >= 0.6 is 11.6 Å². The standard InChI is InChI=1S/C19H21ClN2O2/c1-19(2,14-9-5-4-6-10-14)18(24)22(3)13-17(23)21-16-12-8-7-11-15(16)20/h4-12H,13H2,1-3H3,(H,21,23). The van der Waals surface area contributed by atoms with E-state index in [0.717, 1.165) is 5.56 Å². The molecule has 24 heavy (non-hydrogen) atoms. The first-order valence-corrected chi connectivity index (χ1v) is 8.05. The average molecular weight is 345 g/mol. The lowest BCUT2D eigenvalue weighted by Crippen LogP contribution is -2.44. The van der Waals surface area contributed by atoms with Crippen molar-refractivity contribution in [3.05, 3.63) is 65.2 Å². The summed E-state index contributed by atoms with van der Waals surface area (Å²) in [7, 11) is 1.62. The first-order valence-electron chi connectivity index (χ1n) is 7.68. The highest BCUT2D eigenvalue weighted by Gasteiger charge is 2.32. The Morgan fingerprint density at radius 2 is 1.62 bits per heavy atom. The van der Waals surface area contributed by atoms with Crippen LogP contribution in [0.5, 0.6) is 0 Å². The Balaban J connectivity index is 2.03. The highest BCUT2D eigenvalue weighted by molar-refractivity contribution is 6.33. The van der Waals surface area contributed by atoms with Crippen molar-refractivity contribution >= 4 is 29.1 Å². The minimum atomic E-state index is -0.708. The van der Waals surface area contributed by atoms with Crippen molar-refractivity contribution in [2.24, 2.45) is 0 Å². The molecule has 0 aliphatic rings. The highest BCUT2D eigenvalue weighted by atomic mass is 35.5. The SMILES string of the molecule is CN(CC(=O)Nc1ccccc1Cl)C(=O)C(C)(C)c1ccccc1. The number of hydrogen-bond acceptors (Lipinski definition) is 2. The first kappa shape index (κ1) is 18.0. The molecule has 0 fully saturated rings. The van der Waals surface area contributed by atoms with Gasteiger partial charge in [-0.1, -0.05) is 54.1 Å². The summed E-state index contributed by atoms with van der Waals surface area (Å²) in [5, 5.41) is 3.18. The molecule has 0 aromatic heterocycles. The first-order chi connectivity index (χ1) is 11.3. The van der Waals surface area contributed by atoms with Crippen LogP contribution in [0, 0.1) is 0 Å². The van der Waals surface area contributed by atoms with Gasteiger partial charge in [-0.05, 0) is 31.5 Å². The van der Waals surface area contributed by atoms with E-state index in [2.05, 4.69) is 5.32 Å². The second kappa shape index (κ2) is 7.49. The normalized spacial score (nSPS) is 11.0. The predicted octanol–water partition coefficient (Wildman–Crippen LogP) is 3.71. The molecule has 126 valence electrons. The number of amides is 2. The molecular weight excluding hydrogens is 324 g/mol. The number of halogens is 1. The number of rotatable bonds is 5. The molecule has 0 radical (unpaired) electrons. The summed E-state index contributed by atoms with van der Waals surface area (Å²) in [4.78, 5) is 26.3. The van der Waals surface area contributed by atoms with Gasteiger partial charge in [0.05, 0.1) is 22.7 Å². The summed E-state index contributed by atoms with van der Waals surface area (Å²) < 4.78 is 0. The van der Waals surface area contributed by atoms with E-state index in [9.17, 15) is 9.59 Å². The molecule has 0 aliphatic heterocycles. The van der Waals surface area contributed by atoms with Crippen molar-refractivity contribution in [1.29, 1.82) is 0 Å². The van der Waals surface area contributed by atoms with Crippen LogP contribution in [0.3, 0.4) is 0 Å². The van der Waals surface area contributed by atoms with Crippen LogP contribution in [0.2, 0.25) is 5.02 Å². The molecule has 0 saturated carbocycles. The summed E-state index contributed by atoms with van der Waals surface area (Å²) in [5.41, 5.74) is 0.737. The van der Waals surface area contributed by atoms with Gasteiger partial charge in [-0.3, -0.25) is 9.59 Å². The van der Waals surface area contributed by atoms with Gasteiger partial charge < -0.3 is 10.2 Å². The minimum Gasteiger partial charge on any atom is -0.336 e. The van der Waals surface area contributed by atoms with Gasteiger partial charge in [0.25, 0.3) is 0 Å². The quantitative estimate of drug-likeness (QED) is 0.898. The molecule has 2 rings (SSSR count). The van der Waals surface area contributed by atoms with Gasteiger partial charge in [-0.2, -0.15) is 0 Å². The molecule has 2 aromatic carbocycles. The summed E-state index contributed by atoms with van der Waals surface area (Å²) in [6.45, 7) is 3.67. The third kappa shape index (κ3) is 4.15. The Hall–Kier alpha value is -2.33. The van der Waals surface area contributed by atoms with Crippen LogP contribution in [0.4, 0.5) is 5.69 Å². The molecule has 0 saturated heterocycles. The van der Waals surface area contributed by atoms with Crippen molar-refractivity contribution < 1.29 is 9.59 Å². The molecule has 0 heterocycles. The van der Waals surface area contributed by atoms with Crippen LogP contribution in [0.25, 0.3) is 0 Å². The number of carbonyl (C=O) groups is 2. The third-order valence-electron chi connectivity index (χ3n) is 3.91. The van der Waals surface area contributed by atoms with Gasteiger partial charge >= 0.3 is 0 Å². The molecule has 2 aromatic rings. The maximum Gasteiger partial charge on any atom is 0.244 e. The minimum absolute atomic E-state index is 0.0413. The molecule has 1 N–H and O–H groups in total. The number of benzene rings is 2. The lowest BCUT2D eigenvalue weighted by atomic mass is 9.83. The number of carbonyl (C=O) groups excluding carboxylic acids is 2. The fraction of sp³-hybridized carbons (Fsp3) is 0.263. The van der Waals surface area contributed by atoms with Crippen LogP contribution in [0.1, 0.15) is 19.4 Å². The fourth-order valence-electron chi connectivity index (χ4n) is 2.49. The van der Waals surface area contributed by atoms with Gasteiger partial charge in [-0.25, -0.2) is 0 Å². The highest BCUT2D eigenvalue weighted by Crippen LogP contribution is 2.25. The summed E-state index contributed by atoms with van der Waals surface area (Å²) >= 11 is 6.02. The Labute approximate surface area is 147 Å². The van der Waals surface area contributed by atoms with E-state index < -0.39 is 5.41 Å². The monoisotopic (exact) mass is 344 g/mol. The molecule has 4 nitrogen and oxygen atoms in total. The second-order valence-electron chi connectivity index (χ2n) is 6.18. The zero-order chi connectivity index (χ0) is 17.7. The molecule has 2 amide bonds. The van der Waals surface area contributed by atoms with Gasteiger partial charge in [0.1, 0.15) is 0 Å². The van der Waals surface area contributed by atoms with E-state index in [0.29, 0.717) is 10.7 Å². The molecule has 0 aliphatic carbocycles. The largest absolute Gasteiger partial charge is 0.336 e. The molecule has 0 atom stereocenters. The summed E-state index contributed by atoms with van der Waals surface area (Å²) in [6.07, 6.45) is 0. The zero-order valence-corrected chi connectivity index (χ0v) is 14.8. The smallest absolute Gasteiger partial charge is 0.244 e.